The molecule has 3 rings (SSSR count). The van der Waals surface area contributed by atoms with Gasteiger partial charge in [-0.05, 0) is 40.9 Å². The van der Waals surface area contributed by atoms with Crippen LogP contribution < -0.4 is 5.73 Å². The van der Waals surface area contributed by atoms with Crippen LogP contribution in [0.1, 0.15) is 45.3 Å². The zero-order chi connectivity index (χ0) is 16.4. The topological polar surface area (TPSA) is 105 Å². The van der Waals surface area contributed by atoms with Crippen LogP contribution in [0.4, 0.5) is 0 Å². The Bertz CT molecular complexity index is 737. The Balaban J connectivity index is 1.63. The lowest BCUT2D eigenvalue weighted by Crippen LogP contribution is -2.38. The van der Waals surface area contributed by atoms with Gasteiger partial charge in [0.1, 0.15) is 5.69 Å². The third-order valence-corrected chi connectivity index (χ3v) is 4.46. The Morgan fingerprint density at radius 3 is 2.61 bits per heavy atom. The number of rotatable bonds is 3. The van der Waals surface area contributed by atoms with E-state index in [2.05, 4.69) is 31.1 Å². The van der Waals surface area contributed by atoms with Crippen molar-refractivity contribution < 1.29 is 9.59 Å². The number of pyridine rings is 1. The largest absolute Gasteiger partial charge is 0.364 e. The van der Waals surface area contributed by atoms with E-state index < -0.39 is 5.91 Å². The lowest BCUT2D eigenvalue weighted by atomic mass is 9.93. The minimum atomic E-state index is -0.540. The van der Waals surface area contributed by atoms with Crippen molar-refractivity contribution in [2.45, 2.75) is 18.8 Å². The van der Waals surface area contributed by atoms with E-state index in [4.69, 9.17) is 5.73 Å². The molecule has 1 aliphatic heterocycles. The maximum Gasteiger partial charge on any atom is 0.269 e. The second kappa shape index (κ2) is 6.49. The molecule has 0 bridgehead atoms. The van der Waals surface area contributed by atoms with Gasteiger partial charge >= 0.3 is 0 Å². The molecule has 0 aromatic carbocycles. The molecule has 2 aromatic rings. The van der Waals surface area contributed by atoms with Gasteiger partial charge in [0.05, 0.1) is 5.56 Å². The molecule has 0 atom stereocenters. The van der Waals surface area contributed by atoms with E-state index in [-0.39, 0.29) is 17.5 Å². The normalized spacial score (nSPS) is 15.6. The van der Waals surface area contributed by atoms with Crippen LogP contribution in [-0.4, -0.2) is 45.0 Å². The van der Waals surface area contributed by atoms with E-state index in [0.29, 0.717) is 18.7 Å². The molecule has 0 saturated carbocycles. The van der Waals surface area contributed by atoms with E-state index in [1.165, 1.54) is 0 Å². The zero-order valence-corrected chi connectivity index (χ0v) is 13.9. The smallest absolute Gasteiger partial charge is 0.269 e. The van der Waals surface area contributed by atoms with Crippen molar-refractivity contribution in [3.05, 3.63) is 46.0 Å². The highest BCUT2D eigenvalue weighted by Gasteiger charge is 2.26. The van der Waals surface area contributed by atoms with Crippen molar-refractivity contribution in [2.24, 2.45) is 5.73 Å². The van der Waals surface area contributed by atoms with Gasteiger partial charge in [-0.25, -0.2) is 0 Å². The van der Waals surface area contributed by atoms with E-state index in [1.54, 1.807) is 24.5 Å². The molecule has 23 heavy (non-hydrogen) atoms. The van der Waals surface area contributed by atoms with Crippen molar-refractivity contribution in [3.63, 3.8) is 0 Å². The fourth-order valence-electron chi connectivity index (χ4n) is 2.78. The lowest BCUT2D eigenvalue weighted by molar-refractivity contribution is 0.0711. The highest BCUT2D eigenvalue weighted by atomic mass is 79.9. The molecular formula is C15H16BrN5O2. The van der Waals surface area contributed by atoms with Crippen LogP contribution in [0.15, 0.2) is 29.0 Å². The summed E-state index contributed by atoms with van der Waals surface area (Å²) in [5.74, 6) is -0.303. The molecule has 0 aliphatic carbocycles. The summed E-state index contributed by atoms with van der Waals surface area (Å²) in [5, 5.41) is 6.78. The number of halogens is 1. The number of H-pyrrole nitrogens is 1. The van der Waals surface area contributed by atoms with Crippen LogP contribution in [0.25, 0.3) is 0 Å². The number of aromatic nitrogens is 3. The molecule has 3 N–H and O–H groups in total. The maximum absolute atomic E-state index is 12.5. The van der Waals surface area contributed by atoms with Crippen molar-refractivity contribution >= 4 is 27.7 Å². The average Bonchev–Trinajstić information content (AvgIpc) is 3.04. The highest BCUT2D eigenvalue weighted by molar-refractivity contribution is 9.10. The SMILES string of the molecule is NC(=O)c1cc(C2CCN(C(=O)c3cncc(Br)c3)CC2)[nH]n1. The Hall–Kier alpha value is -2.22. The van der Waals surface area contributed by atoms with Gasteiger partial charge < -0.3 is 10.6 Å². The molecule has 1 aliphatic rings. The average molecular weight is 378 g/mol. The number of hydrogen-bond donors (Lipinski definition) is 2. The summed E-state index contributed by atoms with van der Waals surface area (Å²) in [4.78, 5) is 29.4. The number of likely N-dealkylation sites (tertiary alicyclic amines) is 1. The summed E-state index contributed by atoms with van der Waals surface area (Å²) >= 11 is 3.33. The summed E-state index contributed by atoms with van der Waals surface area (Å²) in [6.45, 7) is 1.31. The molecular weight excluding hydrogens is 362 g/mol. The number of hydrogen-bond acceptors (Lipinski definition) is 4. The summed E-state index contributed by atoms with van der Waals surface area (Å²) in [5.41, 5.74) is 6.94. The van der Waals surface area contributed by atoms with Crippen molar-refractivity contribution in [3.8, 4) is 0 Å². The number of amides is 2. The summed E-state index contributed by atoms with van der Waals surface area (Å²) in [7, 11) is 0. The molecule has 120 valence electrons. The highest BCUT2D eigenvalue weighted by Crippen LogP contribution is 2.27. The Morgan fingerprint density at radius 1 is 1.26 bits per heavy atom. The van der Waals surface area contributed by atoms with Gasteiger partial charge in [0, 0.05) is 41.6 Å². The quantitative estimate of drug-likeness (QED) is 0.848. The van der Waals surface area contributed by atoms with Gasteiger partial charge in [-0.3, -0.25) is 19.7 Å². The minimum absolute atomic E-state index is 0.0142. The number of nitrogens with two attached hydrogens (primary N) is 1. The van der Waals surface area contributed by atoms with Gasteiger partial charge in [-0.1, -0.05) is 0 Å². The zero-order valence-electron chi connectivity index (χ0n) is 12.3. The number of piperidine rings is 1. The second-order valence-electron chi connectivity index (χ2n) is 5.53. The van der Waals surface area contributed by atoms with Crippen molar-refractivity contribution in [1.82, 2.24) is 20.1 Å². The summed E-state index contributed by atoms with van der Waals surface area (Å²) in [6.07, 6.45) is 4.85. The van der Waals surface area contributed by atoms with Gasteiger partial charge in [0.25, 0.3) is 11.8 Å². The van der Waals surface area contributed by atoms with Crippen LogP contribution in [0.3, 0.4) is 0 Å². The summed E-state index contributed by atoms with van der Waals surface area (Å²) < 4.78 is 0.787. The number of nitrogens with one attached hydrogen (secondary N) is 1. The maximum atomic E-state index is 12.5. The summed E-state index contributed by atoms with van der Waals surface area (Å²) in [6, 6.07) is 3.47. The van der Waals surface area contributed by atoms with Gasteiger partial charge in [0.2, 0.25) is 0 Å². The predicted octanol–water partition coefficient (Wildman–Crippen LogP) is 1.69. The molecule has 2 aromatic heterocycles. The number of carbonyl (C=O) groups is 2. The Morgan fingerprint density at radius 2 is 2.00 bits per heavy atom. The molecule has 0 unspecified atom stereocenters. The minimum Gasteiger partial charge on any atom is -0.364 e. The van der Waals surface area contributed by atoms with Gasteiger partial charge in [-0.2, -0.15) is 5.10 Å². The standard InChI is InChI=1S/C15H16BrN5O2/c16-11-5-10(7-18-8-11)15(23)21-3-1-9(2-4-21)12-6-13(14(17)22)20-19-12/h5-9H,1-4H2,(H2,17,22)(H,19,20). The predicted molar refractivity (Wildman–Crippen MR) is 86.9 cm³/mol. The molecule has 7 nitrogen and oxygen atoms in total. The Labute approximate surface area is 141 Å². The van der Waals surface area contributed by atoms with E-state index in [0.717, 1.165) is 23.0 Å². The van der Waals surface area contributed by atoms with Gasteiger partial charge in [-0.15, -0.1) is 0 Å². The third-order valence-electron chi connectivity index (χ3n) is 4.02. The number of primary amides is 1. The molecule has 0 radical (unpaired) electrons. The fourth-order valence-corrected chi connectivity index (χ4v) is 3.14. The molecule has 1 fully saturated rings. The first-order valence-electron chi connectivity index (χ1n) is 7.29. The lowest BCUT2D eigenvalue weighted by Gasteiger charge is -2.31. The number of aromatic amines is 1. The van der Waals surface area contributed by atoms with E-state index in [9.17, 15) is 9.59 Å². The monoisotopic (exact) mass is 377 g/mol. The van der Waals surface area contributed by atoms with E-state index >= 15 is 0 Å². The number of nitrogens with zero attached hydrogens (tertiary/aromatic N) is 3. The molecule has 8 heteroatoms. The van der Waals surface area contributed by atoms with Crippen LogP contribution in [0, 0.1) is 0 Å². The fraction of sp³-hybridized carbons (Fsp3) is 0.333. The van der Waals surface area contributed by atoms with Crippen LogP contribution in [0.5, 0.6) is 0 Å². The van der Waals surface area contributed by atoms with Gasteiger partial charge in [0.15, 0.2) is 0 Å². The first kappa shape index (κ1) is 15.7. The van der Waals surface area contributed by atoms with Crippen LogP contribution in [-0.2, 0) is 0 Å². The van der Waals surface area contributed by atoms with E-state index in [1.807, 2.05) is 4.90 Å². The number of carbonyl (C=O) groups excluding carboxylic acids is 2. The first-order chi connectivity index (χ1) is 11.0. The molecule has 0 spiro atoms. The van der Waals surface area contributed by atoms with Crippen LogP contribution >= 0.6 is 15.9 Å². The first-order valence-corrected chi connectivity index (χ1v) is 8.09. The third kappa shape index (κ3) is 3.42. The Kier molecular flexibility index (Phi) is 4.42. The van der Waals surface area contributed by atoms with Crippen molar-refractivity contribution in [2.75, 3.05) is 13.1 Å². The molecule has 1 saturated heterocycles. The molecule has 2 amide bonds. The second-order valence-corrected chi connectivity index (χ2v) is 6.45. The molecule has 3 heterocycles. The van der Waals surface area contributed by atoms with Crippen molar-refractivity contribution in [1.29, 1.82) is 0 Å². The van der Waals surface area contributed by atoms with Crippen LogP contribution in [0.2, 0.25) is 0 Å².